The standard InChI is InChI=1S/C8H8N2O2/c9-7-3-1-2-6(4-7)8(11)5-10-12/h1-5,12H,9H2. The average molecular weight is 164 g/mol. The summed E-state index contributed by atoms with van der Waals surface area (Å²) in [5.41, 5.74) is 6.35. The van der Waals surface area contributed by atoms with Gasteiger partial charge >= 0.3 is 0 Å². The van der Waals surface area contributed by atoms with Gasteiger partial charge in [0, 0.05) is 11.3 Å². The lowest BCUT2D eigenvalue weighted by molar-refractivity contribution is 0.106. The van der Waals surface area contributed by atoms with Crippen LogP contribution in [0.4, 0.5) is 5.69 Å². The third-order valence-electron chi connectivity index (χ3n) is 1.35. The van der Waals surface area contributed by atoms with E-state index in [9.17, 15) is 4.79 Å². The number of carbonyl (C=O) groups excluding carboxylic acids is 1. The molecule has 1 rings (SSSR count). The van der Waals surface area contributed by atoms with Crippen LogP contribution >= 0.6 is 0 Å². The largest absolute Gasteiger partial charge is 0.411 e. The minimum absolute atomic E-state index is 0.371. The van der Waals surface area contributed by atoms with Gasteiger partial charge in [0.25, 0.3) is 0 Å². The van der Waals surface area contributed by atoms with Crippen molar-refractivity contribution in [1.29, 1.82) is 0 Å². The first-order valence-corrected chi connectivity index (χ1v) is 3.31. The number of benzene rings is 1. The summed E-state index contributed by atoms with van der Waals surface area (Å²) in [4.78, 5) is 11.0. The molecule has 0 fully saturated rings. The van der Waals surface area contributed by atoms with Crippen LogP contribution in [0.2, 0.25) is 0 Å². The lowest BCUT2D eigenvalue weighted by Crippen LogP contribution is -2.00. The molecule has 0 atom stereocenters. The molecule has 0 saturated heterocycles. The van der Waals surface area contributed by atoms with Gasteiger partial charge in [-0.2, -0.15) is 0 Å². The Morgan fingerprint density at radius 1 is 1.58 bits per heavy atom. The molecule has 0 saturated carbocycles. The van der Waals surface area contributed by atoms with E-state index in [1.165, 1.54) is 6.07 Å². The molecule has 0 aliphatic rings. The molecule has 0 spiro atoms. The maximum Gasteiger partial charge on any atom is 0.207 e. The maximum absolute atomic E-state index is 11.0. The van der Waals surface area contributed by atoms with Crippen LogP contribution in [0.5, 0.6) is 0 Å². The molecule has 0 aliphatic carbocycles. The minimum Gasteiger partial charge on any atom is -0.411 e. The second-order valence-electron chi connectivity index (χ2n) is 2.23. The van der Waals surface area contributed by atoms with E-state index in [-0.39, 0.29) is 5.78 Å². The van der Waals surface area contributed by atoms with Crippen LogP contribution < -0.4 is 5.73 Å². The molecule has 0 unspecified atom stereocenters. The lowest BCUT2D eigenvalue weighted by Gasteiger charge is -1.95. The van der Waals surface area contributed by atoms with E-state index in [1.807, 2.05) is 0 Å². The summed E-state index contributed by atoms with van der Waals surface area (Å²) in [5, 5.41) is 10.7. The number of hydrogen-bond donors (Lipinski definition) is 2. The zero-order chi connectivity index (χ0) is 8.97. The van der Waals surface area contributed by atoms with Crippen molar-refractivity contribution in [3.8, 4) is 0 Å². The fourth-order valence-electron chi connectivity index (χ4n) is 0.819. The van der Waals surface area contributed by atoms with Gasteiger partial charge in [-0.15, -0.1) is 0 Å². The smallest absolute Gasteiger partial charge is 0.207 e. The molecule has 0 bridgehead atoms. The highest BCUT2D eigenvalue weighted by molar-refractivity contribution is 6.35. The van der Waals surface area contributed by atoms with E-state index in [1.54, 1.807) is 18.2 Å². The van der Waals surface area contributed by atoms with Crippen molar-refractivity contribution >= 4 is 17.7 Å². The summed E-state index contributed by atoms with van der Waals surface area (Å²) < 4.78 is 0. The van der Waals surface area contributed by atoms with Gasteiger partial charge in [-0.1, -0.05) is 17.3 Å². The zero-order valence-electron chi connectivity index (χ0n) is 6.27. The number of nitrogens with zero attached hydrogens (tertiary/aromatic N) is 1. The number of ketones is 1. The van der Waals surface area contributed by atoms with Gasteiger partial charge in [0.1, 0.15) is 6.21 Å². The quantitative estimate of drug-likeness (QED) is 0.224. The first-order chi connectivity index (χ1) is 5.74. The van der Waals surface area contributed by atoms with Crippen LogP contribution in [0.3, 0.4) is 0 Å². The van der Waals surface area contributed by atoms with Crippen LogP contribution in [0.1, 0.15) is 10.4 Å². The Labute approximate surface area is 69.3 Å². The average Bonchev–Trinajstić information content (AvgIpc) is 2.05. The molecule has 12 heavy (non-hydrogen) atoms. The molecule has 1 aromatic rings. The summed E-state index contributed by atoms with van der Waals surface area (Å²) in [6, 6.07) is 6.45. The molecule has 1 aromatic carbocycles. The van der Waals surface area contributed by atoms with Crippen LogP contribution in [0, 0.1) is 0 Å². The molecule has 0 amide bonds. The number of nitrogen functional groups attached to an aromatic ring is 1. The van der Waals surface area contributed by atoms with Crippen molar-refractivity contribution < 1.29 is 10.0 Å². The summed E-state index contributed by atoms with van der Waals surface area (Å²) in [7, 11) is 0. The number of carbonyl (C=O) groups is 1. The molecule has 0 aliphatic heterocycles. The third-order valence-corrected chi connectivity index (χ3v) is 1.35. The molecule has 3 N–H and O–H groups in total. The predicted molar refractivity (Wildman–Crippen MR) is 45.5 cm³/mol. The van der Waals surface area contributed by atoms with Crippen LogP contribution in [0.15, 0.2) is 29.4 Å². The number of hydrogen-bond acceptors (Lipinski definition) is 4. The minimum atomic E-state index is -0.371. The number of oxime groups is 1. The zero-order valence-corrected chi connectivity index (χ0v) is 6.27. The first kappa shape index (κ1) is 8.26. The van der Waals surface area contributed by atoms with Gasteiger partial charge in [-0.05, 0) is 12.1 Å². The van der Waals surface area contributed by atoms with Gasteiger partial charge in [-0.25, -0.2) is 0 Å². The van der Waals surface area contributed by atoms with Crippen LogP contribution in [-0.4, -0.2) is 17.2 Å². The lowest BCUT2D eigenvalue weighted by atomic mass is 10.1. The molecule has 4 heteroatoms. The van der Waals surface area contributed by atoms with Crippen LogP contribution in [0.25, 0.3) is 0 Å². The molecular formula is C8H8N2O2. The highest BCUT2D eigenvalue weighted by atomic mass is 16.4. The Morgan fingerprint density at radius 3 is 2.92 bits per heavy atom. The Bertz CT molecular complexity index is 321. The van der Waals surface area contributed by atoms with Gasteiger partial charge in [-0.3, -0.25) is 4.79 Å². The SMILES string of the molecule is Nc1cccc(C(=O)C=NO)c1. The van der Waals surface area contributed by atoms with E-state index in [0.29, 0.717) is 11.3 Å². The summed E-state index contributed by atoms with van der Waals surface area (Å²) in [6.07, 6.45) is 0.828. The van der Waals surface area contributed by atoms with E-state index in [4.69, 9.17) is 10.9 Å². The maximum atomic E-state index is 11.0. The Hall–Kier alpha value is -1.84. The predicted octanol–water partition coefficient (Wildman–Crippen LogP) is 0.912. The molecule has 0 aromatic heterocycles. The van der Waals surface area contributed by atoms with Crippen molar-refractivity contribution in [2.45, 2.75) is 0 Å². The summed E-state index contributed by atoms with van der Waals surface area (Å²) >= 11 is 0. The van der Waals surface area contributed by atoms with Crippen molar-refractivity contribution in [2.24, 2.45) is 5.16 Å². The third kappa shape index (κ3) is 1.82. The van der Waals surface area contributed by atoms with Gasteiger partial charge < -0.3 is 10.9 Å². The van der Waals surface area contributed by atoms with Gasteiger partial charge in [0.2, 0.25) is 5.78 Å². The second kappa shape index (κ2) is 3.52. The molecule has 0 radical (unpaired) electrons. The topological polar surface area (TPSA) is 75.7 Å². The molecule has 0 heterocycles. The highest BCUT2D eigenvalue weighted by Gasteiger charge is 2.01. The fraction of sp³-hybridized carbons (Fsp3) is 0. The number of nitrogens with two attached hydrogens (primary N) is 1. The summed E-state index contributed by atoms with van der Waals surface area (Å²) in [5.74, 6) is -0.371. The number of anilines is 1. The second-order valence-corrected chi connectivity index (χ2v) is 2.23. The van der Waals surface area contributed by atoms with Crippen LogP contribution in [-0.2, 0) is 0 Å². The van der Waals surface area contributed by atoms with E-state index < -0.39 is 0 Å². The van der Waals surface area contributed by atoms with Gasteiger partial charge in [0.05, 0.1) is 0 Å². The first-order valence-electron chi connectivity index (χ1n) is 3.31. The fourth-order valence-corrected chi connectivity index (χ4v) is 0.819. The Morgan fingerprint density at radius 2 is 2.33 bits per heavy atom. The van der Waals surface area contributed by atoms with E-state index in [2.05, 4.69) is 5.16 Å². The van der Waals surface area contributed by atoms with Crippen molar-refractivity contribution in [3.05, 3.63) is 29.8 Å². The monoisotopic (exact) mass is 164 g/mol. The Balaban J connectivity index is 2.96. The molecule has 62 valence electrons. The number of rotatable bonds is 2. The highest BCUT2D eigenvalue weighted by Crippen LogP contribution is 2.05. The van der Waals surface area contributed by atoms with E-state index >= 15 is 0 Å². The van der Waals surface area contributed by atoms with Gasteiger partial charge in [0.15, 0.2) is 0 Å². The van der Waals surface area contributed by atoms with Crippen molar-refractivity contribution in [2.75, 3.05) is 5.73 Å². The van der Waals surface area contributed by atoms with E-state index in [0.717, 1.165) is 6.21 Å². The summed E-state index contributed by atoms with van der Waals surface area (Å²) in [6.45, 7) is 0. The van der Waals surface area contributed by atoms with Crippen molar-refractivity contribution in [3.63, 3.8) is 0 Å². The Kier molecular flexibility index (Phi) is 2.42. The molecular weight excluding hydrogens is 156 g/mol. The van der Waals surface area contributed by atoms with Crippen molar-refractivity contribution in [1.82, 2.24) is 0 Å². The normalized spacial score (nSPS) is 10.3. The molecule has 4 nitrogen and oxygen atoms in total. The number of Topliss-reactive ketones (excluding diaryl/α,β-unsaturated/α-hetero) is 1.